The van der Waals surface area contributed by atoms with Gasteiger partial charge in [-0.05, 0) is 81.1 Å². The lowest BCUT2D eigenvalue weighted by molar-refractivity contribution is -0.0706. The van der Waals surface area contributed by atoms with E-state index in [4.69, 9.17) is 0 Å². The molecule has 4 aliphatic rings. The summed E-state index contributed by atoms with van der Waals surface area (Å²) in [5.41, 5.74) is 3.41. The molecule has 0 aromatic heterocycles. The molecule has 122 valence electrons. The third kappa shape index (κ3) is 2.95. The SMILES string of the molecule is Cc1ccc(CNC(C)C23CC4CC(CC(C4)C2)C3)cc1.Cl. The van der Waals surface area contributed by atoms with E-state index in [1.807, 2.05) is 0 Å². The Bertz CT molecular complexity index is 472. The summed E-state index contributed by atoms with van der Waals surface area (Å²) in [6, 6.07) is 9.68. The predicted molar refractivity (Wildman–Crippen MR) is 95.3 cm³/mol. The van der Waals surface area contributed by atoms with Gasteiger partial charge in [0, 0.05) is 12.6 Å². The minimum absolute atomic E-state index is 0. The van der Waals surface area contributed by atoms with Crippen LogP contribution in [0.2, 0.25) is 0 Å². The highest BCUT2D eigenvalue weighted by molar-refractivity contribution is 5.85. The monoisotopic (exact) mass is 319 g/mol. The molecule has 5 rings (SSSR count). The van der Waals surface area contributed by atoms with E-state index >= 15 is 0 Å². The van der Waals surface area contributed by atoms with Crippen LogP contribution in [0.4, 0.5) is 0 Å². The van der Waals surface area contributed by atoms with Crippen LogP contribution in [-0.4, -0.2) is 6.04 Å². The molecule has 1 aromatic carbocycles. The van der Waals surface area contributed by atoms with Crippen molar-refractivity contribution in [2.45, 2.75) is 65.0 Å². The minimum Gasteiger partial charge on any atom is -0.310 e. The molecular weight excluding hydrogens is 290 g/mol. The molecule has 0 saturated heterocycles. The minimum atomic E-state index is 0. The first-order chi connectivity index (χ1) is 10.1. The smallest absolute Gasteiger partial charge is 0.0208 e. The largest absolute Gasteiger partial charge is 0.310 e. The quantitative estimate of drug-likeness (QED) is 0.813. The maximum atomic E-state index is 3.88. The molecule has 0 amide bonds. The second kappa shape index (κ2) is 6.17. The van der Waals surface area contributed by atoms with Crippen molar-refractivity contribution in [1.29, 1.82) is 0 Å². The van der Waals surface area contributed by atoms with Crippen molar-refractivity contribution < 1.29 is 0 Å². The summed E-state index contributed by atoms with van der Waals surface area (Å²) in [6.45, 7) is 5.65. The van der Waals surface area contributed by atoms with E-state index < -0.39 is 0 Å². The van der Waals surface area contributed by atoms with Gasteiger partial charge in [0.2, 0.25) is 0 Å². The standard InChI is InChI=1S/C20H29N.ClH/c1-14-3-5-16(6-4-14)13-21-15(2)20-10-17-7-18(11-20)9-19(8-17)12-20;/h3-6,15,17-19,21H,7-13H2,1-2H3;1H. The Hall–Kier alpha value is -0.530. The Labute approximate surface area is 141 Å². The van der Waals surface area contributed by atoms with Crippen molar-refractivity contribution in [3.63, 3.8) is 0 Å². The zero-order valence-corrected chi connectivity index (χ0v) is 14.8. The predicted octanol–water partition coefficient (Wildman–Crippen LogP) is 5.11. The van der Waals surface area contributed by atoms with E-state index in [9.17, 15) is 0 Å². The molecule has 1 aromatic rings. The molecule has 1 atom stereocenters. The summed E-state index contributed by atoms with van der Waals surface area (Å²) >= 11 is 0. The van der Waals surface area contributed by atoms with Crippen LogP contribution in [0.15, 0.2) is 24.3 Å². The molecule has 4 fully saturated rings. The first-order valence-electron chi connectivity index (χ1n) is 8.92. The molecule has 22 heavy (non-hydrogen) atoms. The summed E-state index contributed by atoms with van der Waals surface area (Å²) in [5, 5.41) is 3.88. The summed E-state index contributed by atoms with van der Waals surface area (Å²) < 4.78 is 0. The summed E-state index contributed by atoms with van der Waals surface area (Å²) in [4.78, 5) is 0. The maximum Gasteiger partial charge on any atom is 0.0208 e. The van der Waals surface area contributed by atoms with E-state index in [-0.39, 0.29) is 12.4 Å². The lowest BCUT2D eigenvalue weighted by Gasteiger charge is -2.59. The highest BCUT2D eigenvalue weighted by atomic mass is 35.5. The van der Waals surface area contributed by atoms with Gasteiger partial charge in [0.05, 0.1) is 0 Å². The van der Waals surface area contributed by atoms with Gasteiger partial charge in [-0.2, -0.15) is 0 Å². The average Bonchev–Trinajstić information content (AvgIpc) is 2.45. The summed E-state index contributed by atoms with van der Waals surface area (Å²) in [6.07, 6.45) is 9.14. The van der Waals surface area contributed by atoms with Crippen LogP contribution in [-0.2, 0) is 6.54 Å². The van der Waals surface area contributed by atoms with Gasteiger partial charge in [-0.1, -0.05) is 29.8 Å². The molecule has 1 unspecified atom stereocenters. The molecule has 4 bridgehead atoms. The number of nitrogens with one attached hydrogen (secondary N) is 1. The first kappa shape index (κ1) is 16.3. The molecule has 2 heteroatoms. The average molecular weight is 320 g/mol. The number of aryl methyl sites for hydroxylation is 1. The fraction of sp³-hybridized carbons (Fsp3) is 0.700. The van der Waals surface area contributed by atoms with Crippen molar-refractivity contribution in [2.75, 3.05) is 0 Å². The van der Waals surface area contributed by atoms with E-state index in [1.165, 1.54) is 30.4 Å². The fourth-order valence-corrected chi connectivity index (χ4v) is 5.90. The van der Waals surface area contributed by atoms with Crippen LogP contribution >= 0.6 is 12.4 Å². The Morgan fingerprint density at radius 1 is 1.00 bits per heavy atom. The summed E-state index contributed by atoms with van der Waals surface area (Å²) in [7, 11) is 0. The zero-order chi connectivity index (χ0) is 14.4. The fourth-order valence-electron chi connectivity index (χ4n) is 5.90. The lowest BCUT2D eigenvalue weighted by Crippen LogP contribution is -2.54. The topological polar surface area (TPSA) is 12.0 Å². The highest BCUT2D eigenvalue weighted by Gasteiger charge is 2.52. The van der Waals surface area contributed by atoms with Gasteiger partial charge in [0.15, 0.2) is 0 Å². The molecule has 1 nitrogen and oxygen atoms in total. The number of hydrogen-bond donors (Lipinski definition) is 1. The molecular formula is C20H30ClN. The second-order valence-electron chi connectivity index (χ2n) is 8.37. The van der Waals surface area contributed by atoms with Gasteiger partial charge in [0.1, 0.15) is 0 Å². The Kier molecular flexibility index (Phi) is 4.58. The Morgan fingerprint density at radius 3 is 2.00 bits per heavy atom. The third-order valence-corrected chi connectivity index (χ3v) is 6.74. The van der Waals surface area contributed by atoms with Crippen molar-refractivity contribution in [3.05, 3.63) is 35.4 Å². The molecule has 0 radical (unpaired) electrons. The second-order valence-corrected chi connectivity index (χ2v) is 8.37. The van der Waals surface area contributed by atoms with Crippen LogP contribution < -0.4 is 5.32 Å². The van der Waals surface area contributed by atoms with E-state index in [2.05, 4.69) is 43.4 Å². The van der Waals surface area contributed by atoms with Crippen LogP contribution in [0.1, 0.15) is 56.6 Å². The van der Waals surface area contributed by atoms with Gasteiger partial charge in [-0.25, -0.2) is 0 Å². The van der Waals surface area contributed by atoms with Gasteiger partial charge >= 0.3 is 0 Å². The number of hydrogen-bond acceptors (Lipinski definition) is 1. The first-order valence-corrected chi connectivity index (χ1v) is 8.92. The van der Waals surface area contributed by atoms with Gasteiger partial charge in [-0.15, -0.1) is 12.4 Å². The van der Waals surface area contributed by atoms with Crippen LogP contribution in [0.25, 0.3) is 0 Å². The van der Waals surface area contributed by atoms with Crippen LogP contribution in [0.3, 0.4) is 0 Å². The molecule has 0 heterocycles. The van der Waals surface area contributed by atoms with E-state index in [1.54, 1.807) is 19.3 Å². The normalized spacial score (nSPS) is 36.9. The third-order valence-electron chi connectivity index (χ3n) is 6.74. The maximum absolute atomic E-state index is 3.88. The van der Waals surface area contributed by atoms with Crippen molar-refractivity contribution in [3.8, 4) is 0 Å². The molecule has 0 aliphatic heterocycles. The molecule has 4 saturated carbocycles. The van der Waals surface area contributed by atoms with Gasteiger partial charge in [0.25, 0.3) is 0 Å². The van der Waals surface area contributed by atoms with E-state index in [0.29, 0.717) is 11.5 Å². The molecule has 0 spiro atoms. The Morgan fingerprint density at radius 2 is 1.50 bits per heavy atom. The molecule has 1 N–H and O–H groups in total. The zero-order valence-electron chi connectivity index (χ0n) is 14.0. The van der Waals surface area contributed by atoms with Crippen molar-refractivity contribution in [1.82, 2.24) is 5.32 Å². The number of benzene rings is 1. The van der Waals surface area contributed by atoms with Crippen molar-refractivity contribution in [2.24, 2.45) is 23.2 Å². The van der Waals surface area contributed by atoms with Crippen LogP contribution in [0.5, 0.6) is 0 Å². The Balaban J connectivity index is 0.00000144. The number of rotatable bonds is 4. The lowest BCUT2D eigenvalue weighted by atomic mass is 9.48. The highest BCUT2D eigenvalue weighted by Crippen LogP contribution is 2.61. The van der Waals surface area contributed by atoms with Gasteiger partial charge < -0.3 is 5.32 Å². The van der Waals surface area contributed by atoms with Crippen LogP contribution in [0, 0.1) is 30.1 Å². The van der Waals surface area contributed by atoms with Gasteiger partial charge in [-0.3, -0.25) is 0 Å². The molecule has 4 aliphatic carbocycles. The van der Waals surface area contributed by atoms with E-state index in [0.717, 1.165) is 24.3 Å². The summed E-state index contributed by atoms with van der Waals surface area (Å²) in [5.74, 6) is 3.17. The number of halogens is 1. The van der Waals surface area contributed by atoms with Crippen molar-refractivity contribution >= 4 is 12.4 Å².